The van der Waals surface area contributed by atoms with Gasteiger partial charge in [-0.2, -0.15) is 0 Å². The van der Waals surface area contributed by atoms with Gasteiger partial charge in [-0.25, -0.2) is 4.98 Å². The van der Waals surface area contributed by atoms with Crippen molar-refractivity contribution in [2.75, 3.05) is 19.0 Å². The van der Waals surface area contributed by atoms with E-state index >= 15 is 0 Å². The summed E-state index contributed by atoms with van der Waals surface area (Å²) in [6.07, 6.45) is 1.84. The molecule has 0 unspecified atom stereocenters. The van der Waals surface area contributed by atoms with Crippen LogP contribution in [-0.2, 0) is 0 Å². The SMILES string of the molecule is CN(C)c1ccccc1-c1nccs1. The van der Waals surface area contributed by atoms with Crippen LogP contribution in [0.2, 0.25) is 0 Å². The highest BCUT2D eigenvalue weighted by Gasteiger charge is 2.07. The molecule has 0 saturated carbocycles. The predicted molar refractivity (Wildman–Crippen MR) is 61.9 cm³/mol. The Balaban J connectivity index is 2.53. The molecule has 0 spiro atoms. The predicted octanol–water partition coefficient (Wildman–Crippen LogP) is 2.88. The average Bonchev–Trinajstić information content (AvgIpc) is 2.70. The van der Waals surface area contributed by atoms with Crippen LogP contribution in [0.3, 0.4) is 0 Å². The molecule has 0 fully saturated rings. The van der Waals surface area contributed by atoms with E-state index in [1.165, 1.54) is 11.3 Å². The van der Waals surface area contributed by atoms with Crippen molar-refractivity contribution in [2.45, 2.75) is 0 Å². The Morgan fingerprint density at radius 3 is 2.64 bits per heavy atom. The molecule has 0 atom stereocenters. The minimum Gasteiger partial charge on any atom is -0.377 e. The van der Waals surface area contributed by atoms with Gasteiger partial charge in [0.1, 0.15) is 5.01 Å². The molecular weight excluding hydrogens is 192 g/mol. The van der Waals surface area contributed by atoms with E-state index in [2.05, 4.69) is 22.0 Å². The second-order valence-corrected chi connectivity index (χ2v) is 4.14. The molecular formula is C11H12N2S. The zero-order valence-electron chi connectivity index (χ0n) is 8.27. The number of para-hydroxylation sites is 1. The topological polar surface area (TPSA) is 16.1 Å². The Morgan fingerprint density at radius 1 is 1.21 bits per heavy atom. The molecule has 1 aromatic heterocycles. The molecule has 0 N–H and O–H groups in total. The van der Waals surface area contributed by atoms with Gasteiger partial charge >= 0.3 is 0 Å². The third kappa shape index (κ3) is 1.63. The summed E-state index contributed by atoms with van der Waals surface area (Å²) in [5.74, 6) is 0. The van der Waals surface area contributed by atoms with Gasteiger partial charge in [-0.15, -0.1) is 11.3 Å². The standard InChI is InChI=1S/C11H12N2S/c1-13(2)10-6-4-3-5-9(10)11-12-7-8-14-11/h3-8H,1-2H3. The highest BCUT2D eigenvalue weighted by Crippen LogP contribution is 2.30. The first-order valence-corrected chi connectivity index (χ1v) is 5.33. The Kier molecular flexibility index (Phi) is 2.50. The number of thiazole rings is 1. The van der Waals surface area contributed by atoms with Crippen molar-refractivity contribution in [1.29, 1.82) is 0 Å². The minimum atomic E-state index is 1.08. The molecule has 2 aromatic rings. The Hall–Kier alpha value is -1.35. The molecule has 2 nitrogen and oxygen atoms in total. The van der Waals surface area contributed by atoms with Crippen molar-refractivity contribution in [2.24, 2.45) is 0 Å². The summed E-state index contributed by atoms with van der Waals surface area (Å²) >= 11 is 1.67. The van der Waals surface area contributed by atoms with E-state index in [0.717, 1.165) is 5.01 Å². The molecule has 2 rings (SSSR count). The fraction of sp³-hybridized carbons (Fsp3) is 0.182. The lowest BCUT2D eigenvalue weighted by atomic mass is 10.2. The zero-order chi connectivity index (χ0) is 9.97. The van der Waals surface area contributed by atoms with E-state index in [4.69, 9.17) is 0 Å². The molecule has 0 radical (unpaired) electrons. The monoisotopic (exact) mass is 204 g/mol. The van der Waals surface area contributed by atoms with Crippen LogP contribution in [0.15, 0.2) is 35.8 Å². The lowest BCUT2D eigenvalue weighted by Crippen LogP contribution is -2.09. The Bertz CT molecular complexity index is 407. The molecule has 72 valence electrons. The van der Waals surface area contributed by atoms with Crippen LogP contribution in [-0.4, -0.2) is 19.1 Å². The van der Waals surface area contributed by atoms with Gasteiger partial charge in [0, 0.05) is 36.9 Å². The van der Waals surface area contributed by atoms with Crippen molar-refractivity contribution in [3.63, 3.8) is 0 Å². The summed E-state index contributed by atoms with van der Waals surface area (Å²) in [6.45, 7) is 0. The Morgan fingerprint density at radius 2 is 2.00 bits per heavy atom. The molecule has 0 aliphatic rings. The van der Waals surface area contributed by atoms with Crippen LogP contribution < -0.4 is 4.90 Å². The summed E-state index contributed by atoms with van der Waals surface area (Å²) < 4.78 is 0. The van der Waals surface area contributed by atoms with Gasteiger partial charge < -0.3 is 4.90 Å². The highest BCUT2D eigenvalue weighted by atomic mass is 32.1. The molecule has 0 aliphatic heterocycles. The van der Waals surface area contributed by atoms with Gasteiger partial charge in [0.15, 0.2) is 0 Å². The van der Waals surface area contributed by atoms with Gasteiger partial charge in [-0.3, -0.25) is 0 Å². The summed E-state index contributed by atoms with van der Waals surface area (Å²) in [5, 5.41) is 3.08. The summed E-state index contributed by atoms with van der Waals surface area (Å²) in [6, 6.07) is 8.31. The van der Waals surface area contributed by atoms with E-state index < -0.39 is 0 Å². The van der Waals surface area contributed by atoms with Crippen molar-refractivity contribution in [3.8, 4) is 10.6 Å². The van der Waals surface area contributed by atoms with Gasteiger partial charge in [-0.1, -0.05) is 12.1 Å². The molecule has 1 aromatic carbocycles. The van der Waals surface area contributed by atoms with Crippen LogP contribution in [0.5, 0.6) is 0 Å². The first-order chi connectivity index (χ1) is 6.79. The van der Waals surface area contributed by atoms with Crippen molar-refractivity contribution in [3.05, 3.63) is 35.8 Å². The average molecular weight is 204 g/mol. The molecule has 3 heteroatoms. The van der Waals surface area contributed by atoms with Crippen molar-refractivity contribution >= 4 is 17.0 Å². The lowest BCUT2D eigenvalue weighted by molar-refractivity contribution is 1.13. The third-order valence-corrected chi connectivity index (χ3v) is 2.85. The fourth-order valence-corrected chi connectivity index (χ4v) is 2.07. The number of nitrogens with zero attached hydrogens (tertiary/aromatic N) is 2. The number of anilines is 1. The molecule has 0 amide bonds. The second kappa shape index (κ2) is 3.80. The first kappa shape index (κ1) is 9.21. The van der Waals surface area contributed by atoms with Crippen LogP contribution in [0.1, 0.15) is 0 Å². The number of aromatic nitrogens is 1. The fourth-order valence-electron chi connectivity index (χ4n) is 1.40. The summed E-state index contributed by atoms with van der Waals surface area (Å²) in [7, 11) is 4.10. The van der Waals surface area contributed by atoms with Crippen LogP contribution in [0.4, 0.5) is 5.69 Å². The van der Waals surface area contributed by atoms with Gasteiger partial charge in [0.2, 0.25) is 0 Å². The maximum absolute atomic E-state index is 4.32. The van der Waals surface area contributed by atoms with Crippen molar-refractivity contribution in [1.82, 2.24) is 4.98 Å². The van der Waals surface area contributed by atoms with Gasteiger partial charge in [0.05, 0.1) is 0 Å². The van der Waals surface area contributed by atoms with E-state index in [9.17, 15) is 0 Å². The summed E-state index contributed by atoms with van der Waals surface area (Å²) in [4.78, 5) is 6.43. The Labute approximate surface area is 87.8 Å². The quantitative estimate of drug-likeness (QED) is 0.747. The number of hydrogen-bond donors (Lipinski definition) is 0. The maximum atomic E-state index is 4.32. The largest absolute Gasteiger partial charge is 0.377 e. The molecule has 0 bridgehead atoms. The molecule has 0 aliphatic carbocycles. The summed E-state index contributed by atoms with van der Waals surface area (Å²) in [5.41, 5.74) is 2.41. The van der Waals surface area contributed by atoms with E-state index in [0.29, 0.717) is 0 Å². The zero-order valence-corrected chi connectivity index (χ0v) is 9.08. The van der Waals surface area contributed by atoms with E-state index in [1.807, 2.05) is 37.8 Å². The maximum Gasteiger partial charge on any atom is 0.125 e. The van der Waals surface area contributed by atoms with Crippen LogP contribution >= 0.6 is 11.3 Å². The van der Waals surface area contributed by atoms with Crippen LogP contribution in [0, 0.1) is 0 Å². The minimum absolute atomic E-state index is 1.08. The lowest BCUT2D eigenvalue weighted by Gasteiger charge is -2.15. The van der Waals surface area contributed by atoms with Crippen LogP contribution in [0.25, 0.3) is 10.6 Å². The second-order valence-electron chi connectivity index (χ2n) is 3.25. The van der Waals surface area contributed by atoms with E-state index in [-0.39, 0.29) is 0 Å². The number of rotatable bonds is 2. The van der Waals surface area contributed by atoms with E-state index in [1.54, 1.807) is 11.3 Å². The molecule has 1 heterocycles. The smallest absolute Gasteiger partial charge is 0.125 e. The molecule has 14 heavy (non-hydrogen) atoms. The normalized spacial score (nSPS) is 10.1. The number of benzene rings is 1. The van der Waals surface area contributed by atoms with Gasteiger partial charge in [-0.05, 0) is 12.1 Å². The van der Waals surface area contributed by atoms with Gasteiger partial charge in [0.25, 0.3) is 0 Å². The number of hydrogen-bond acceptors (Lipinski definition) is 3. The first-order valence-electron chi connectivity index (χ1n) is 4.45. The molecule has 0 saturated heterocycles. The highest BCUT2D eigenvalue weighted by molar-refractivity contribution is 7.13. The van der Waals surface area contributed by atoms with Crippen molar-refractivity contribution < 1.29 is 0 Å². The third-order valence-electron chi connectivity index (χ3n) is 2.05.